The van der Waals surface area contributed by atoms with Crippen LogP contribution in [-0.2, 0) is 0 Å². The summed E-state index contributed by atoms with van der Waals surface area (Å²) in [6.45, 7) is 6.13. The molecule has 0 unspecified atom stereocenters. The molecule has 0 atom stereocenters. The van der Waals surface area contributed by atoms with E-state index in [1.807, 2.05) is 19.2 Å². The predicted octanol–water partition coefficient (Wildman–Crippen LogP) is 1.74. The number of pyridine rings is 1. The zero-order chi connectivity index (χ0) is 10.3. The first-order valence-corrected chi connectivity index (χ1v) is 4.70. The van der Waals surface area contributed by atoms with Gasteiger partial charge in [0.1, 0.15) is 0 Å². The zero-order valence-corrected chi connectivity index (χ0v) is 8.65. The van der Waals surface area contributed by atoms with E-state index in [-0.39, 0.29) is 0 Å². The number of aryl methyl sites for hydroxylation is 1. The second-order valence-corrected chi connectivity index (χ2v) is 3.87. The lowest BCUT2D eigenvalue weighted by molar-refractivity contribution is 0.764. The maximum Gasteiger partial charge on any atom is 0.178 e. The normalized spacial score (nSPS) is 11.4. The molecule has 0 bridgehead atoms. The molecule has 0 aliphatic carbocycles. The van der Waals surface area contributed by atoms with Gasteiger partial charge in [0.05, 0.1) is 5.69 Å². The molecule has 0 aliphatic rings. The van der Waals surface area contributed by atoms with E-state index in [0.717, 1.165) is 17.0 Å². The van der Waals surface area contributed by atoms with Gasteiger partial charge in [0.2, 0.25) is 0 Å². The van der Waals surface area contributed by atoms with E-state index in [0.29, 0.717) is 11.6 Å². The van der Waals surface area contributed by atoms with E-state index in [4.69, 9.17) is 5.73 Å². The fourth-order valence-electron chi connectivity index (χ4n) is 1.41. The van der Waals surface area contributed by atoms with Crippen LogP contribution in [0.15, 0.2) is 12.3 Å². The van der Waals surface area contributed by atoms with Gasteiger partial charge in [-0.1, -0.05) is 13.8 Å². The third-order valence-electron chi connectivity index (χ3n) is 2.13. The van der Waals surface area contributed by atoms with Crippen molar-refractivity contribution in [3.8, 4) is 0 Å². The van der Waals surface area contributed by atoms with Gasteiger partial charge in [0.15, 0.2) is 11.5 Å². The Bertz CT molecular complexity index is 470. The highest BCUT2D eigenvalue weighted by atomic mass is 15.3. The lowest BCUT2D eigenvalue weighted by Crippen LogP contribution is -1.95. The fraction of sp³-hybridized carbons (Fsp3) is 0.400. The molecule has 2 aromatic rings. The molecule has 0 radical (unpaired) electrons. The summed E-state index contributed by atoms with van der Waals surface area (Å²) < 4.78 is 1.75. The average molecular weight is 190 g/mol. The number of nitrogen functional groups attached to an aromatic ring is 1. The molecule has 2 heterocycles. The summed E-state index contributed by atoms with van der Waals surface area (Å²) in [6.07, 6.45) is 1.94. The minimum absolute atomic E-state index is 0.328. The topological polar surface area (TPSA) is 56.2 Å². The second kappa shape index (κ2) is 2.97. The molecule has 0 saturated heterocycles. The number of anilines is 1. The molecular formula is C10H14N4. The van der Waals surface area contributed by atoms with Gasteiger partial charge < -0.3 is 5.73 Å². The molecular weight excluding hydrogens is 176 g/mol. The molecule has 0 spiro atoms. The van der Waals surface area contributed by atoms with E-state index < -0.39 is 0 Å². The molecule has 0 aliphatic heterocycles. The van der Waals surface area contributed by atoms with Crippen LogP contribution in [0.4, 0.5) is 5.69 Å². The Morgan fingerprint density at radius 2 is 2.14 bits per heavy atom. The SMILES string of the molecule is Cc1cc(N)c2nc(C(C)C)nn2c1. The number of rotatable bonds is 1. The maximum absolute atomic E-state index is 5.85. The monoisotopic (exact) mass is 190 g/mol. The van der Waals surface area contributed by atoms with Crippen LogP contribution in [0.3, 0.4) is 0 Å². The van der Waals surface area contributed by atoms with Crippen molar-refractivity contribution in [2.75, 3.05) is 5.73 Å². The number of hydrogen-bond donors (Lipinski definition) is 1. The van der Waals surface area contributed by atoms with Crippen LogP contribution in [0.5, 0.6) is 0 Å². The van der Waals surface area contributed by atoms with Gasteiger partial charge in [-0.25, -0.2) is 9.50 Å². The van der Waals surface area contributed by atoms with Crippen molar-refractivity contribution in [3.05, 3.63) is 23.7 Å². The van der Waals surface area contributed by atoms with Crippen molar-refractivity contribution in [1.82, 2.24) is 14.6 Å². The Morgan fingerprint density at radius 3 is 2.79 bits per heavy atom. The summed E-state index contributed by atoms with van der Waals surface area (Å²) in [5.74, 6) is 1.16. The highest BCUT2D eigenvalue weighted by Crippen LogP contribution is 2.16. The summed E-state index contributed by atoms with van der Waals surface area (Å²) in [7, 11) is 0. The van der Waals surface area contributed by atoms with Crippen LogP contribution in [0.1, 0.15) is 31.2 Å². The first kappa shape index (κ1) is 8.99. The molecule has 2 rings (SSSR count). The first-order valence-electron chi connectivity index (χ1n) is 4.70. The van der Waals surface area contributed by atoms with Gasteiger partial charge in [0.25, 0.3) is 0 Å². The molecule has 4 heteroatoms. The van der Waals surface area contributed by atoms with Crippen molar-refractivity contribution >= 4 is 11.3 Å². The minimum Gasteiger partial charge on any atom is -0.396 e. The van der Waals surface area contributed by atoms with Crippen LogP contribution in [0.25, 0.3) is 5.65 Å². The Kier molecular flexibility index (Phi) is 1.91. The van der Waals surface area contributed by atoms with E-state index >= 15 is 0 Å². The summed E-state index contributed by atoms with van der Waals surface area (Å²) in [5, 5.41) is 4.36. The van der Waals surface area contributed by atoms with Crippen LogP contribution in [0.2, 0.25) is 0 Å². The minimum atomic E-state index is 0.328. The highest BCUT2D eigenvalue weighted by molar-refractivity contribution is 5.64. The van der Waals surface area contributed by atoms with Gasteiger partial charge in [-0.2, -0.15) is 5.10 Å². The Balaban J connectivity index is 2.70. The van der Waals surface area contributed by atoms with Crippen LogP contribution in [-0.4, -0.2) is 14.6 Å². The number of fused-ring (bicyclic) bond motifs is 1. The smallest absolute Gasteiger partial charge is 0.178 e. The van der Waals surface area contributed by atoms with Gasteiger partial charge in [-0.3, -0.25) is 0 Å². The highest BCUT2D eigenvalue weighted by Gasteiger charge is 2.09. The Morgan fingerprint density at radius 1 is 1.43 bits per heavy atom. The lowest BCUT2D eigenvalue weighted by atomic mass is 10.2. The molecule has 0 saturated carbocycles. The van der Waals surface area contributed by atoms with Crippen LogP contribution < -0.4 is 5.73 Å². The van der Waals surface area contributed by atoms with E-state index in [9.17, 15) is 0 Å². The molecule has 74 valence electrons. The van der Waals surface area contributed by atoms with Crippen molar-refractivity contribution in [1.29, 1.82) is 0 Å². The first-order chi connectivity index (χ1) is 6.58. The number of aromatic nitrogens is 3. The van der Waals surface area contributed by atoms with Gasteiger partial charge >= 0.3 is 0 Å². The van der Waals surface area contributed by atoms with Crippen molar-refractivity contribution in [2.24, 2.45) is 0 Å². The number of hydrogen-bond acceptors (Lipinski definition) is 3. The molecule has 2 N–H and O–H groups in total. The molecule has 0 amide bonds. The van der Waals surface area contributed by atoms with Crippen molar-refractivity contribution in [2.45, 2.75) is 26.7 Å². The van der Waals surface area contributed by atoms with E-state index in [2.05, 4.69) is 23.9 Å². The Labute approximate surface area is 82.8 Å². The second-order valence-electron chi connectivity index (χ2n) is 3.87. The van der Waals surface area contributed by atoms with Gasteiger partial charge in [-0.15, -0.1) is 0 Å². The molecule has 4 nitrogen and oxygen atoms in total. The maximum atomic E-state index is 5.85. The molecule has 14 heavy (non-hydrogen) atoms. The van der Waals surface area contributed by atoms with Gasteiger partial charge in [0, 0.05) is 12.1 Å². The van der Waals surface area contributed by atoms with Crippen LogP contribution in [0, 0.1) is 6.92 Å². The third kappa shape index (κ3) is 1.32. The third-order valence-corrected chi connectivity index (χ3v) is 2.13. The van der Waals surface area contributed by atoms with E-state index in [1.54, 1.807) is 4.52 Å². The van der Waals surface area contributed by atoms with Crippen LogP contribution >= 0.6 is 0 Å². The number of nitrogens with two attached hydrogens (primary N) is 1. The number of nitrogens with zero attached hydrogens (tertiary/aromatic N) is 3. The molecule has 2 aromatic heterocycles. The predicted molar refractivity (Wildman–Crippen MR) is 56.2 cm³/mol. The largest absolute Gasteiger partial charge is 0.396 e. The fourth-order valence-corrected chi connectivity index (χ4v) is 1.41. The van der Waals surface area contributed by atoms with Gasteiger partial charge in [-0.05, 0) is 18.6 Å². The summed E-state index contributed by atoms with van der Waals surface area (Å²) in [4.78, 5) is 4.38. The summed E-state index contributed by atoms with van der Waals surface area (Å²) >= 11 is 0. The van der Waals surface area contributed by atoms with Crippen molar-refractivity contribution < 1.29 is 0 Å². The quantitative estimate of drug-likeness (QED) is 0.745. The standard InChI is InChI=1S/C10H14N4/c1-6(2)9-12-10-8(11)4-7(3)5-14(10)13-9/h4-6H,11H2,1-3H3. The Hall–Kier alpha value is -1.58. The summed E-state index contributed by atoms with van der Waals surface area (Å²) in [5.41, 5.74) is 8.37. The lowest BCUT2D eigenvalue weighted by Gasteiger charge is -1.97. The molecule has 0 aromatic carbocycles. The average Bonchev–Trinajstić information content (AvgIpc) is 2.47. The van der Waals surface area contributed by atoms with E-state index in [1.165, 1.54) is 0 Å². The molecule has 0 fully saturated rings. The van der Waals surface area contributed by atoms with Crippen molar-refractivity contribution in [3.63, 3.8) is 0 Å². The zero-order valence-electron chi connectivity index (χ0n) is 8.65. The summed E-state index contributed by atoms with van der Waals surface area (Å²) in [6, 6.07) is 1.91.